The minimum Gasteiger partial charge on any atom is -0.338 e. The topological polar surface area (TPSA) is 17.0 Å². The summed E-state index contributed by atoms with van der Waals surface area (Å²) in [6.07, 6.45) is 2.52. The SMILES string of the molecule is CC(C)n1c2ccccc2c2cc(C3CCNCC3)ccc21. The first-order chi connectivity index (χ1) is 10.8. The molecule has 1 aromatic heterocycles. The van der Waals surface area contributed by atoms with E-state index in [-0.39, 0.29) is 0 Å². The average Bonchev–Trinajstić information content (AvgIpc) is 2.89. The Morgan fingerprint density at radius 1 is 0.955 bits per heavy atom. The van der Waals surface area contributed by atoms with E-state index in [1.54, 1.807) is 0 Å². The zero-order valence-electron chi connectivity index (χ0n) is 13.5. The number of rotatable bonds is 2. The Balaban J connectivity index is 1.94. The molecule has 1 aliphatic heterocycles. The largest absolute Gasteiger partial charge is 0.338 e. The van der Waals surface area contributed by atoms with Gasteiger partial charge in [0.05, 0.1) is 0 Å². The van der Waals surface area contributed by atoms with Crippen LogP contribution in [0.15, 0.2) is 42.5 Å². The van der Waals surface area contributed by atoms with Crippen LogP contribution in [0.3, 0.4) is 0 Å². The zero-order chi connectivity index (χ0) is 15.1. The Bertz CT molecular complexity index is 807. The fourth-order valence-electron chi connectivity index (χ4n) is 3.99. The van der Waals surface area contributed by atoms with Gasteiger partial charge in [0.1, 0.15) is 0 Å². The van der Waals surface area contributed by atoms with Gasteiger partial charge < -0.3 is 9.88 Å². The lowest BCUT2D eigenvalue weighted by Gasteiger charge is -2.23. The van der Waals surface area contributed by atoms with Crippen molar-refractivity contribution in [2.45, 2.75) is 38.6 Å². The molecule has 114 valence electrons. The summed E-state index contributed by atoms with van der Waals surface area (Å²) in [7, 11) is 0. The van der Waals surface area contributed by atoms with Gasteiger partial charge in [-0.1, -0.05) is 24.3 Å². The second-order valence-corrected chi connectivity index (χ2v) is 6.78. The van der Waals surface area contributed by atoms with Gasteiger partial charge in [0.15, 0.2) is 0 Å². The van der Waals surface area contributed by atoms with Gasteiger partial charge in [0.25, 0.3) is 0 Å². The molecule has 1 fully saturated rings. The van der Waals surface area contributed by atoms with E-state index in [1.165, 1.54) is 40.2 Å². The number of hydrogen-bond donors (Lipinski definition) is 1. The van der Waals surface area contributed by atoms with Crippen LogP contribution in [0.25, 0.3) is 21.8 Å². The molecule has 2 aromatic carbocycles. The van der Waals surface area contributed by atoms with E-state index in [0.717, 1.165) is 13.1 Å². The van der Waals surface area contributed by atoms with E-state index in [0.29, 0.717) is 12.0 Å². The highest BCUT2D eigenvalue weighted by Gasteiger charge is 2.18. The van der Waals surface area contributed by atoms with Gasteiger partial charge in [-0.15, -0.1) is 0 Å². The molecular weight excluding hydrogens is 268 g/mol. The lowest BCUT2D eigenvalue weighted by Crippen LogP contribution is -2.26. The maximum Gasteiger partial charge on any atom is 0.0493 e. The van der Waals surface area contributed by atoms with Crippen molar-refractivity contribution in [3.8, 4) is 0 Å². The number of benzene rings is 2. The van der Waals surface area contributed by atoms with Crippen LogP contribution in [0.4, 0.5) is 0 Å². The molecule has 2 nitrogen and oxygen atoms in total. The third kappa shape index (κ3) is 2.14. The molecule has 0 saturated carbocycles. The summed E-state index contributed by atoms with van der Waals surface area (Å²) in [6, 6.07) is 16.4. The average molecular weight is 292 g/mol. The minimum absolute atomic E-state index is 0.479. The Hall–Kier alpha value is -1.80. The minimum atomic E-state index is 0.479. The molecule has 0 spiro atoms. The van der Waals surface area contributed by atoms with Gasteiger partial charge in [0, 0.05) is 27.8 Å². The maximum atomic E-state index is 3.47. The van der Waals surface area contributed by atoms with Gasteiger partial charge >= 0.3 is 0 Å². The molecule has 0 radical (unpaired) electrons. The summed E-state index contributed by atoms with van der Waals surface area (Å²) in [5.41, 5.74) is 4.24. The predicted molar refractivity (Wildman–Crippen MR) is 94.7 cm³/mol. The number of aromatic nitrogens is 1. The lowest BCUT2D eigenvalue weighted by molar-refractivity contribution is 0.460. The molecule has 1 aliphatic rings. The molecule has 4 rings (SSSR count). The van der Waals surface area contributed by atoms with E-state index >= 15 is 0 Å². The molecule has 3 aromatic rings. The monoisotopic (exact) mass is 292 g/mol. The van der Waals surface area contributed by atoms with Gasteiger partial charge in [0.2, 0.25) is 0 Å². The van der Waals surface area contributed by atoms with E-state index in [4.69, 9.17) is 0 Å². The first-order valence-corrected chi connectivity index (χ1v) is 8.49. The van der Waals surface area contributed by atoms with Crippen molar-refractivity contribution in [1.82, 2.24) is 9.88 Å². The smallest absolute Gasteiger partial charge is 0.0493 e. The molecular formula is C20H24N2. The molecule has 0 atom stereocenters. The Morgan fingerprint density at radius 2 is 1.68 bits per heavy atom. The van der Waals surface area contributed by atoms with Gasteiger partial charge in [-0.2, -0.15) is 0 Å². The summed E-state index contributed by atoms with van der Waals surface area (Å²) in [5.74, 6) is 0.715. The van der Waals surface area contributed by atoms with Crippen molar-refractivity contribution in [2.24, 2.45) is 0 Å². The first kappa shape index (κ1) is 13.8. The number of hydrogen-bond acceptors (Lipinski definition) is 1. The van der Waals surface area contributed by atoms with E-state index in [2.05, 4.69) is 66.2 Å². The summed E-state index contributed by atoms with van der Waals surface area (Å²) >= 11 is 0. The quantitative estimate of drug-likeness (QED) is 0.715. The molecule has 2 heteroatoms. The standard InChI is InChI=1S/C20H24N2/c1-14(2)22-19-6-4-3-5-17(19)18-13-16(7-8-20(18)22)15-9-11-21-12-10-15/h3-8,13-15,21H,9-12H2,1-2H3. The first-order valence-electron chi connectivity index (χ1n) is 8.49. The van der Waals surface area contributed by atoms with Crippen molar-refractivity contribution in [3.05, 3.63) is 48.0 Å². The summed E-state index contributed by atoms with van der Waals surface area (Å²) < 4.78 is 2.47. The molecule has 0 unspecified atom stereocenters. The van der Waals surface area contributed by atoms with Crippen molar-refractivity contribution in [2.75, 3.05) is 13.1 Å². The summed E-state index contributed by atoms with van der Waals surface area (Å²) in [5, 5.41) is 6.27. The van der Waals surface area contributed by atoms with Gasteiger partial charge in [-0.05, 0) is 69.5 Å². The molecule has 22 heavy (non-hydrogen) atoms. The van der Waals surface area contributed by atoms with E-state index < -0.39 is 0 Å². The molecule has 1 N–H and O–H groups in total. The summed E-state index contributed by atoms with van der Waals surface area (Å²) in [4.78, 5) is 0. The number of nitrogens with zero attached hydrogens (tertiary/aromatic N) is 1. The third-order valence-electron chi connectivity index (χ3n) is 5.06. The lowest BCUT2D eigenvalue weighted by atomic mass is 9.89. The molecule has 2 heterocycles. The Morgan fingerprint density at radius 3 is 2.45 bits per heavy atom. The molecule has 1 saturated heterocycles. The van der Waals surface area contributed by atoms with Gasteiger partial charge in [-0.3, -0.25) is 0 Å². The number of piperidine rings is 1. The number of para-hydroxylation sites is 1. The van der Waals surface area contributed by atoms with Crippen molar-refractivity contribution < 1.29 is 0 Å². The van der Waals surface area contributed by atoms with E-state index in [1.807, 2.05) is 0 Å². The Kier molecular flexibility index (Phi) is 3.42. The Labute approximate surface area is 132 Å². The van der Waals surface area contributed by atoms with Crippen LogP contribution in [0.2, 0.25) is 0 Å². The third-order valence-corrected chi connectivity index (χ3v) is 5.06. The number of nitrogens with one attached hydrogen (secondary N) is 1. The zero-order valence-corrected chi connectivity index (χ0v) is 13.5. The fourth-order valence-corrected chi connectivity index (χ4v) is 3.99. The van der Waals surface area contributed by atoms with Gasteiger partial charge in [-0.25, -0.2) is 0 Å². The number of fused-ring (bicyclic) bond motifs is 3. The van der Waals surface area contributed by atoms with Crippen LogP contribution < -0.4 is 5.32 Å². The highest BCUT2D eigenvalue weighted by molar-refractivity contribution is 6.08. The van der Waals surface area contributed by atoms with Crippen LogP contribution in [-0.4, -0.2) is 17.7 Å². The van der Waals surface area contributed by atoms with E-state index in [9.17, 15) is 0 Å². The fraction of sp³-hybridized carbons (Fsp3) is 0.400. The van der Waals surface area contributed by atoms with Crippen molar-refractivity contribution in [3.63, 3.8) is 0 Å². The predicted octanol–water partition coefficient (Wildman–Crippen LogP) is 4.84. The molecule has 0 aliphatic carbocycles. The molecule has 0 bridgehead atoms. The second kappa shape index (κ2) is 5.44. The van der Waals surface area contributed by atoms with Crippen LogP contribution in [0, 0.1) is 0 Å². The normalized spacial score (nSPS) is 16.9. The van der Waals surface area contributed by atoms with Crippen molar-refractivity contribution in [1.29, 1.82) is 0 Å². The van der Waals surface area contributed by atoms with Crippen molar-refractivity contribution >= 4 is 21.8 Å². The van der Waals surface area contributed by atoms with Crippen LogP contribution in [-0.2, 0) is 0 Å². The summed E-state index contributed by atoms with van der Waals surface area (Å²) in [6.45, 7) is 6.84. The second-order valence-electron chi connectivity index (χ2n) is 6.78. The van der Waals surface area contributed by atoms with Crippen LogP contribution in [0.5, 0.6) is 0 Å². The van der Waals surface area contributed by atoms with Crippen LogP contribution >= 0.6 is 0 Å². The highest BCUT2D eigenvalue weighted by Crippen LogP contribution is 2.35. The molecule has 0 amide bonds. The highest BCUT2D eigenvalue weighted by atomic mass is 15.0. The van der Waals surface area contributed by atoms with Crippen LogP contribution in [0.1, 0.15) is 44.2 Å². The maximum absolute atomic E-state index is 3.47.